The number of amides is 4. The first-order chi connectivity index (χ1) is 32.5. The van der Waals surface area contributed by atoms with Gasteiger partial charge in [0.15, 0.2) is 11.6 Å². The number of fused-ring (bicyclic) bond motifs is 2. The highest BCUT2D eigenvalue weighted by Crippen LogP contribution is 2.39. The molecule has 4 amide bonds. The number of H-pyrrole nitrogens is 1. The number of aromatic nitrogens is 5. The maximum absolute atomic E-state index is 14.7. The Hall–Kier alpha value is -6.75. The summed E-state index contributed by atoms with van der Waals surface area (Å²) in [5.41, 5.74) is 5.32. The fourth-order valence-electron chi connectivity index (χ4n) is 8.98. The Kier molecular flexibility index (Phi) is 15.1. The molecule has 0 spiro atoms. The molecule has 5 aromatic rings. The van der Waals surface area contributed by atoms with Gasteiger partial charge in [-0.05, 0) is 98.6 Å². The van der Waals surface area contributed by atoms with Gasteiger partial charge in [-0.15, -0.1) is 5.10 Å². The lowest BCUT2D eigenvalue weighted by Gasteiger charge is -2.29. The Morgan fingerprint density at radius 1 is 0.925 bits per heavy atom. The smallest absolute Gasteiger partial charge is 0.274 e. The van der Waals surface area contributed by atoms with E-state index < -0.39 is 23.9 Å². The lowest BCUT2D eigenvalue weighted by Crippen LogP contribution is -2.52. The predicted molar refractivity (Wildman–Crippen MR) is 247 cm³/mol. The highest BCUT2D eigenvalue weighted by molar-refractivity contribution is 6.05. The quantitative estimate of drug-likeness (QED) is 0.0463. The average molecular weight is 919 g/mol. The number of benzene rings is 2. The number of nitrogens with one attached hydrogen (secondary N) is 3. The first-order valence-electron chi connectivity index (χ1n) is 23.3. The molecule has 8 rings (SSSR count). The second-order valence-corrected chi connectivity index (χ2v) is 17.4. The van der Waals surface area contributed by atoms with Crippen molar-refractivity contribution in [1.29, 1.82) is 0 Å². The number of carbonyl (C=O) groups is 4. The number of aryl methyl sites for hydroxylation is 4. The molecule has 67 heavy (non-hydrogen) atoms. The number of anilines is 1. The number of nitrogens with zero attached hydrogens (tertiary/aromatic N) is 5. The fourth-order valence-corrected chi connectivity index (χ4v) is 8.98. The van der Waals surface area contributed by atoms with E-state index in [4.69, 9.17) is 9.47 Å². The van der Waals surface area contributed by atoms with Crippen LogP contribution >= 0.6 is 0 Å². The van der Waals surface area contributed by atoms with E-state index in [1.807, 2.05) is 29.1 Å². The van der Waals surface area contributed by atoms with Crippen LogP contribution in [0, 0.1) is 0 Å². The zero-order valence-electron chi connectivity index (χ0n) is 37.7. The largest absolute Gasteiger partial charge is 0.454 e. The van der Waals surface area contributed by atoms with Gasteiger partial charge >= 0.3 is 0 Å². The van der Waals surface area contributed by atoms with Gasteiger partial charge in [-0.3, -0.25) is 34.0 Å². The molecule has 0 saturated carbocycles. The Morgan fingerprint density at radius 3 is 2.58 bits per heavy atom. The SMILES string of the molecule is Cn1cc(-c2cc(NC(=O)CCCc3cn(CCCCCCCCOCCCc4cccc5c4CN(C4CCC(=O)NC4=O)C5=O)nn3)ccc2OC2=CCC(F)C=C2F)c2cc[nH]c2c1=O. The fraction of sp³-hybridized carbons (Fsp3) is 0.420. The predicted octanol–water partition coefficient (Wildman–Crippen LogP) is 7.70. The molecule has 2 atom stereocenters. The van der Waals surface area contributed by atoms with Gasteiger partial charge in [0.1, 0.15) is 23.5 Å². The van der Waals surface area contributed by atoms with Crippen LogP contribution < -0.4 is 20.9 Å². The van der Waals surface area contributed by atoms with Crippen LogP contribution in [0.15, 0.2) is 89.6 Å². The van der Waals surface area contributed by atoms with Crippen molar-refractivity contribution in [1.82, 2.24) is 34.8 Å². The van der Waals surface area contributed by atoms with Gasteiger partial charge in [0.25, 0.3) is 11.5 Å². The molecule has 3 aromatic heterocycles. The Bertz CT molecular complexity index is 2760. The molecule has 0 radical (unpaired) electrons. The van der Waals surface area contributed by atoms with Crippen molar-refractivity contribution in [2.75, 3.05) is 18.5 Å². The third-order valence-corrected chi connectivity index (χ3v) is 12.5. The van der Waals surface area contributed by atoms with E-state index >= 15 is 0 Å². The molecule has 15 nitrogen and oxygen atoms in total. The van der Waals surface area contributed by atoms with Crippen LogP contribution in [-0.2, 0) is 52.1 Å². The van der Waals surface area contributed by atoms with Crippen molar-refractivity contribution >= 4 is 40.2 Å². The molecule has 352 valence electrons. The zero-order chi connectivity index (χ0) is 46.9. The number of hydrogen-bond acceptors (Lipinski definition) is 9. The van der Waals surface area contributed by atoms with E-state index in [0.29, 0.717) is 72.3 Å². The standard InChI is InChI=1S/C50H56F2N8O7/c1-58-30-40(36-22-23-53-47(36)50(58)65)38-28-34(17-20-43(38)67-44-19-16-33(51)27-41(44)52)54-45(61)15-9-13-35-29-59(57-56-35)24-6-4-2-3-5-7-25-66-26-10-12-32-11-8-14-37-39(32)31-60(49(37)64)42-18-21-46(62)55-48(42)63/h8,11,14,17,19-20,22-23,27-30,33,42,53H,2-7,9-10,12-13,15-16,18,21,24-26,31H2,1H3,(H,54,61)(H,55,62,63). The summed E-state index contributed by atoms with van der Waals surface area (Å²) in [6.45, 7) is 2.51. The first-order valence-corrected chi connectivity index (χ1v) is 23.3. The number of unbranched alkanes of at least 4 members (excludes halogenated alkanes) is 5. The summed E-state index contributed by atoms with van der Waals surface area (Å²) in [4.78, 5) is 67.6. The van der Waals surface area contributed by atoms with Gasteiger partial charge in [-0.25, -0.2) is 8.78 Å². The number of rotatable bonds is 22. The molecule has 2 aromatic carbocycles. The number of pyridine rings is 1. The molecule has 5 heterocycles. The maximum Gasteiger partial charge on any atom is 0.274 e. The monoisotopic (exact) mass is 918 g/mol. The third kappa shape index (κ3) is 11.4. The maximum atomic E-state index is 14.7. The van der Waals surface area contributed by atoms with Crippen LogP contribution in [0.4, 0.5) is 14.5 Å². The summed E-state index contributed by atoms with van der Waals surface area (Å²) in [5, 5.41) is 14.5. The molecule has 1 saturated heterocycles. The molecule has 0 bridgehead atoms. The van der Waals surface area contributed by atoms with Crippen LogP contribution in [0.5, 0.6) is 5.75 Å². The van der Waals surface area contributed by atoms with Crippen LogP contribution in [-0.4, -0.2) is 78.5 Å². The number of imide groups is 1. The van der Waals surface area contributed by atoms with E-state index in [2.05, 4.69) is 25.9 Å². The molecule has 2 unspecified atom stereocenters. The second-order valence-electron chi connectivity index (χ2n) is 17.4. The third-order valence-electron chi connectivity index (χ3n) is 12.5. The van der Waals surface area contributed by atoms with Crippen molar-refractivity contribution in [2.45, 2.75) is 115 Å². The van der Waals surface area contributed by atoms with Crippen molar-refractivity contribution in [3.8, 4) is 16.9 Å². The average Bonchev–Trinajstić information content (AvgIpc) is 4.07. The lowest BCUT2D eigenvalue weighted by molar-refractivity contribution is -0.137. The number of alkyl halides is 1. The van der Waals surface area contributed by atoms with Crippen LogP contribution in [0.1, 0.15) is 104 Å². The Morgan fingerprint density at radius 2 is 1.75 bits per heavy atom. The molecular weight excluding hydrogens is 863 g/mol. The van der Waals surface area contributed by atoms with E-state index in [1.54, 1.807) is 48.6 Å². The minimum atomic E-state index is -1.43. The molecule has 3 aliphatic rings. The molecular formula is C50H56F2N8O7. The van der Waals surface area contributed by atoms with Crippen molar-refractivity contribution in [3.05, 3.63) is 118 Å². The van der Waals surface area contributed by atoms with E-state index in [9.17, 15) is 32.8 Å². The summed E-state index contributed by atoms with van der Waals surface area (Å²) in [6, 6.07) is 11.9. The van der Waals surface area contributed by atoms with Crippen LogP contribution in [0.25, 0.3) is 22.0 Å². The van der Waals surface area contributed by atoms with Gasteiger partial charge < -0.3 is 29.2 Å². The van der Waals surface area contributed by atoms with Crippen LogP contribution in [0.3, 0.4) is 0 Å². The summed E-state index contributed by atoms with van der Waals surface area (Å²) in [6.07, 6.45) is 16.1. The molecule has 1 fully saturated rings. The van der Waals surface area contributed by atoms with Crippen molar-refractivity contribution < 1.29 is 37.4 Å². The Labute approximate surface area is 386 Å². The zero-order valence-corrected chi connectivity index (χ0v) is 37.7. The highest BCUT2D eigenvalue weighted by atomic mass is 19.1. The van der Waals surface area contributed by atoms with Gasteiger partial charge in [-0.1, -0.05) is 43.0 Å². The van der Waals surface area contributed by atoms with Gasteiger partial charge in [0, 0.05) is 99.0 Å². The summed E-state index contributed by atoms with van der Waals surface area (Å²) in [7, 11) is 1.63. The first kappa shape index (κ1) is 46.8. The number of ether oxygens (including phenoxy) is 2. The van der Waals surface area contributed by atoms with Crippen molar-refractivity contribution in [3.63, 3.8) is 0 Å². The minimum Gasteiger partial charge on any atom is -0.454 e. The number of aromatic amines is 1. The summed E-state index contributed by atoms with van der Waals surface area (Å²) in [5.74, 6) is -1.67. The topological polar surface area (TPSA) is 183 Å². The van der Waals surface area contributed by atoms with E-state index in [-0.39, 0.29) is 54.1 Å². The summed E-state index contributed by atoms with van der Waals surface area (Å²) < 4.78 is 43.6. The highest BCUT2D eigenvalue weighted by Gasteiger charge is 2.39. The molecule has 17 heteroatoms. The number of piperidine rings is 1. The normalized spacial score (nSPS) is 17.1. The number of halogens is 2. The summed E-state index contributed by atoms with van der Waals surface area (Å²) >= 11 is 0. The minimum absolute atomic E-state index is 0.0161. The van der Waals surface area contributed by atoms with E-state index in [1.165, 1.54) is 10.6 Å². The molecule has 3 N–H and O–H groups in total. The number of allylic oxidation sites excluding steroid dienone is 3. The van der Waals surface area contributed by atoms with Gasteiger partial charge in [0.05, 0.1) is 5.69 Å². The van der Waals surface area contributed by atoms with E-state index in [0.717, 1.165) is 80.8 Å². The van der Waals surface area contributed by atoms with Gasteiger partial charge in [-0.2, -0.15) is 0 Å². The molecule has 2 aliphatic heterocycles. The lowest BCUT2D eigenvalue weighted by atomic mass is 10.00. The molecule has 1 aliphatic carbocycles. The number of hydrogen-bond donors (Lipinski definition) is 3. The van der Waals surface area contributed by atoms with Crippen molar-refractivity contribution in [2.24, 2.45) is 7.05 Å². The van der Waals surface area contributed by atoms with Gasteiger partial charge in [0.2, 0.25) is 17.7 Å². The second kappa shape index (κ2) is 21.7. The Balaban J connectivity index is 0.704. The van der Waals surface area contributed by atoms with Crippen LogP contribution in [0.2, 0.25) is 0 Å². The number of carbonyl (C=O) groups excluding carboxylic acids is 4.